The number of benzene rings is 1. The summed E-state index contributed by atoms with van der Waals surface area (Å²) in [5.41, 5.74) is 7.25. The van der Waals surface area contributed by atoms with Crippen LogP contribution in [0.4, 0.5) is 0 Å². The lowest BCUT2D eigenvalue weighted by Crippen LogP contribution is -2.35. The Morgan fingerprint density at radius 3 is 2.37 bits per heavy atom. The number of aliphatic hydroxyl groups excluding tert-OH is 1. The molecule has 0 bridgehead atoms. The molecule has 3 N–H and O–H groups in total. The number of hydrogen-bond acceptors (Lipinski definition) is 3. The van der Waals surface area contributed by atoms with Gasteiger partial charge in [-0.3, -0.25) is 0 Å². The molecule has 0 fully saturated rings. The second-order valence-corrected chi connectivity index (χ2v) is 6.50. The Bertz CT molecular complexity index is 352. The van der Waals surface area contributed by atoms with Crippen molar-refractivity contribution < 1.29 is 5.11 Å². The fraction of sp³-hybridized carbons (Fsp3) is 0.625. The van der Waals surface area contributed by atoms with Crippen LogP contribution in [-0.4, -0.2) is 23.0 Å². The van der Waals surface area contributed by atoms with Gasteiger partial charge in [-0.1, -0.05) is 39.3 Å². The minimum Gasteiger partial charge on any atom is -0.391 e. The number of nitrogens with two attached hydrogens (primary N) is 1. The standard InChI is InChI=1S/C16H27NOS/c1-4-6-15(17)16(18)11-12(3)13-7-9-14(10-8-13)19-5-2/h7-10,12,15-16,18H,4-6,11,17H2,1-3H3. The number of aliphatic hydroxyl groups is 1. The largest absolute Gasteiger partial charge is 0.391 e. The smallest absolute Gasteiger partial charge is 0.0696 e. The van der Waals surface area contributed by atoms with Gasteiger partial charge in [-0.05, 0) is 42.2 Å². The van der Waals surface area contributed by atoms with E-state index in [9.17, 15) is 5.11 Å². The van der Waals surface area contributed by atoms with Gasteiger partial charge in [0.1, 0.15) is 0 Å². The molecule has 1 aromatic rings. The topological polar surface area (TPSA) is 46.2 Å². The van der Waals surface area contributed by atoms with E-state index in [4.69, 9.17) is 5.73 Å². The van der Waals surface area contributed by atoms with Crippen molar-refractivity contribution in [2.75, 3.05) is 5.75 Å². The highest BCUT2D eigenvalue weighted by atomic mass is 32.2. The molecule has 3 heteroatoms. The van der Waals surface area contributed by atoms with Crippen LogP contribution in [0.2, 0.25) is 0 Å². The Morgan fingerprint density at radius 2 is 1.84 bits per heavy atom. The van der Waals surface area contributed by atoms with Gasteiger partial charge in [0, 0.05) is 10.9 Å². The normalized spacial score (nSPS) is 16.1. The van der Waals surface area contributed by atoms with Crippen LogP contribution in [0.5, 0.6) is 0 Å². The van der Waals surface area contributed by atoms with Gasteiger partial charge in [0.15, 0.2) is 0 Å². The average Bonchev–Trinajstić information content (AvgIpc) is 2.40. The summed E-state index contributed by atoms with van der Waals surface area (Å²) >= 11 is 1.85. The van der Waals surface area contributed by atoms with Gasteiger partial charge in [-0.25, -0.2) is 0 Å². The predicted molar refractivity (Wildman–Crippen MR) is 84.8 cm³/mol. The predicted octanol–water partition coefficient (Wildman–Crippen LogP) is 3.78. The van der Waals surface area contributed by atoms with Gasteiger partial charge in [0.2, 0.25) is 0 Å². The zero-order valence-electron chi connectivity index (χ0n) is 12.3. The van der Waals surface area contributed by atoms with Crippen LogP contribution in [0.1, 0.15) is 51.5 Å². The summed E-state index contributed by atoms with van der Waals surface area (Å²) in [6.07, 6.45) is 2.25. The molecule has 0 aliphatic heterocycles. The first kappa shape index (κ1) is 16.5. The third-order valence-corrected chi connectivity index (χ3v) is 4.37. The number of hydrogen-bond donors (Lipinski definition) is 2. The van der Waals surface area contributed by atoms with Gasteiger partial charge in [0.05, 0.1) is 6.10 Å². The lowest BCUT2D eigenvalue weighted by molar-refractivity contribution is 0.124. The summed E-state index contributed by atoms with van der Waals surface area (Å²) in [5, 5.41) is 10.1. The highest BCUT2D eigenvalue weighted by Crippen LogP contribution is 2.25. The molecule has 3 unspecified atom stereocenters. The maximum absolute atomic E-state index is 10.1. The fourth-order valence-electron chi connectivity index (χ4n) is 2.26. The molecule has 0 radical (unpaired) electrons. The van der Waals surface area contributed by atoms with Crippen LogP contribution in [0.15, 0.2) is 29.2 Å². The van der Waals surface area contributed by atoms with E-state index in [1.807, 2.05) is 11.8 Å². The molecule has 0 saturated carbocycles. The van der Waals surface area contributed by atoms with Crippen molar-refractivity contribution in [3.05, 3.63) is 29.8 Å². The van der Waals surface area contributed by atoms with Crippen molar-refractivity contribution in [1.29, 1.82) is 0 Å². The average molecular weight is 281 g/mol. The van der Waals surface area contributed by atoms with Crippen LogP contribution >= 0.6 is 11.8 Å². The Labute approximate surface area is 121 Å². The fourth-order valence-corrected chi connectivity index (χ4v) is 2.92. The molecule has 0 amide bonds. The molecule has 2 nitrogen and oxygen atoms in total. The molecule has 0 aliphatic carbocycles. The van der Waals surface area contributed by atoms with Gasteiger partial charge in [-0.2, -0.15) is 0 Å². The van der Waals surface area contributed by atoms with Gasteiger partial charge < -0.3 is 10.8 Å². The second-order valence-electron chi connectivity index (χ2n) is 5.16. The van der Waals surface area contributed by atoms with Crippen LogP contribution in [0.25, 0.3) is 0 Å². The van der Waals surface area contributed by atoms with E-state index in [1.54, 1.807) is 0 Å². The van der Waals surface area contributed by atoms with E-state index in [2.05, 4.69) is 45.0 Å². The molecule has 0 aliphatic rings. The molecular formula is C16H27NOS. The summed E-state index contributed by atoms with van der Waals surface area (Å²) in [6, 6.07) is 8.57. The lowest BCUT2D eigenvalue weighted by atomic mass is 9.91. The van der Waals surface area contributed by atoms with Crippen molar-refractivity contribution in [2.24, 2.45) is 5.73 Å². The van der Waals surface area contributed by atoms with E-state index in [1.165, 1.54) is 10.5 Å². The van der Waals surface area contributed by atoms with Crippen molar-refractivity contribution >= 4 is 11.8 Å². The molecule has 0 spiro atoms. The first-order valence-corrected chi connectivity index (χ1v) is 8.23. The van der Waals surface area contributed by atoms with Crippen molar-refractivity contribution in [3.8, 4) is 0 Å². The van der Waals surface area contributed by atoms with Crippen molar-refractivity contribution in [2.45, 2.75) is 63.0 Å². The molecule has 0 saturated heterocycles. The first-order chi connectivity index (χ1) is 9.08. The van der Waals surface area contributed by atoms with Crippen LogP contribution in [0, 0.1) is 0 Å². The Kier molecular flexibility index (Phi) is 7.51. The van der Waals surface area contributed by atoms with Crippen LogP contribution in [0.3, 0.4) is 0 Å². The number of thioether (sulfide) groups is 1. The molecule has 0 aromatic heterocycles. The SMILES string of the molecule is CCCC(N)C(O)CC(C)c1ccc(SCC)cc1. The lowest BCUT2D eigenvalue weighted by Gasteiger charge is -2.22. The third kappa shape index (κ3) is 5.55. The quantitative estimate of drug-likeness (QED) is 0.713. The summed E-state index contributed by atoms with van der Waals surface area (Å²) in [6.45, 7) is 6.41. The van der Waals surface area contributed by atoms with E-state index < -0.39 is 6.10 Å². The highest BCUT2D eigenvalue weighted by molar-refractivity contribution is 7.99. The Hall–Kier alpha value is -0.510. The highest BCUT2D eigenvalue weighted by Gasteiger charge is 2.18. The van der Waals surface area contributed by atoms with E-state index in [0.717, 1.165) is 25.0 Å². The Morgan fingerprint density at radius 1 is 1.21 bits per heavy atom. The first-order valence-electron chi connectivity index (χ1n) is 7.24. The maximum atomic E-state index is 10.1. The summed E-state index contributed by atoms with van der Waals surface area (Å²) < 4.78 is 0. The monoisotopic (exact) mass is 281 g/mol. The van der Waals surface area contributed by atoms with Gasteiger partial charge in [-0.15, -0.1) is 11.8 Å². The zero-order valence-corrected chi connectivity index (χ0v) is 13.1. The zero-order chi connectivity index (χ0) is 14.3. The maximum Gasteiger partial charge on any atom is 0.0696 e. The van der Waals surface area contributed by atoms with Crippen molar-refractivity contribution in [1.82, 2.24) is 0 Å². The van der Waals surface area contributed by atoms with Crippen LogP contribution < -0.4 is 5.73 Å². The Balaban J connectivity index is 2.54. The van der Waals surface area contributed by atoms with E-state index in [0.29, 0.717) is 5.92 Å². The van der Waals surface area contributed by atoms with Gasteiger partial charge >= 0.3 is 0 Å². The minimum atomic E-state index is -0.403. The van der Waals surface area contributed by atoms with E-state index >= 15 is 0 Å². The minimum absolute atomic E-state index is 0.0950. The summed E-state index contributed by atoms with van der Waals surface area (Å²) in [5.74, 6) is 1.44. The molecule has 0 heterocycles. The molecule has 1 aromatic carbocycles. The van der Waals surface area contributed by atoms with Crippen LogP contribution in [-0.2, 0) is 0 Å². The third-order valence-electron chi connectivity index (χ3n) is 3.47. The summed E-state index contributed by atoms with van der Waals surface area (Å²) in [4.78, 5) is 1.31. The van der Waals surface area contributed by atoms with Gasteiger partial charge in [0.25, 0.3) is 0 Å². The second kappa shape index (κ2) is 8.62. The summed E-state index contributed by atoms with van der Waals surface area (Å²) in [7, 11) is 0. The molecular weight excluding hydrogens is 254 g/mol. The van der Waals surface area contributed by atoms with Crippen molar-refractivity contribution in [3.63, 3.8) is 0 Å². The molecule has 108 valence electrons. The van der Waals surface area contributed by atoms with E-state index in [-0.39, 0.29) is 6.04 Å². The molecule has 19 heavy (non-hydrogen) atoms. The molecule has 1 rings (SSSR count). The molecule has 3 atom stereocenters. The number of rotatable bonds is 8.